The first-order valence-electron chi connectivity index (χ1n) is 10.3. The van der Waals surface area contributed by atoms with Crippen molar-refractivity contribution in [1.29, 1.82) is 0 Å². The lowest BCUT2D eigenvalue weighted by Crippen LogP contribution is -2.09. The van der Waals surface area contributed by atoms with Gasteiger partial charge in [-0.25, -0.2) is 19.7 Å². The highest BCUT2D eigenvalue weighted by molar-refractivity contribution is 5.90. The zero-order valence-electron chi connectivity index (χ0n) is 18.6. The van der Waals surface area contributed by atoms with Crippen LogP contribution in [0.4, 0.5) is 5.82 Å². The molecule has 0 aliphatic heterocycles. The molecule has 0 radical (unpaired) electrons. The molecule has 1 aromatic carbocycles. The van der Waals surface area contributed by atoms with Crippen LogP contribution in [0.3, 0.4) is 0 Å². The summed E-state index contributed by atoms with van der Waals surface area (Å²) in [6.07, 6.45) is 3.62. The maximum absolute atomic E-state index is 12.5. The molecule has 0 aliphatic rings. The van der Waals surface area contributed by atoms with Gasteiger partial charge in [0.25, 0.3) is 0 Å². The number of hydrogen-bond donors (Lipinski definition) is 1. The fourth-order valence-electron chi connectivity index (χ4n) is 3.32. The number of methoxy groups -OCH3 is 1. The Morgan fingerprint density at radius 3 is 2.79 bits per heavy atom. The standard InChI is InChI=1S/C22H24N6O5/c1-13-16(14(2)33-27-13)10-32-17-6-5-15(9-18(17)30-3)22(29)31-8-4-7-28-12-26-19-20(23)24-11-25-21(19)28/h5-6,9,11-12H,4,7-8,10H2,1-3H3,(H2,23,24,25). The summed E-state index contributed by atoms with van der Waals surface area (Å²) in [7, 11) is 1.51. The van der Waals surface area contributed by atoms with Crippen molar-refractivity contribution in [2.75, 3.05) is 19.5 Å². The number of esters is 1. The molecule has 0 spiro atoms. The molecule has 4 rings (SSSR count). The van der Waals surface area contributed by atoms with Crippen LogP contribution < -0.4 is 15.2 Å². The second-order valence-electron chi connectivity index (χ2n) is 7.32. The van der Waals surface area contributed by atoms with Crippen LogP contribution in [0.1, 0.15) is 33.8 Å². The van der Waals surface area contributed by atoms with Crippen molar-refractivity contribution in [1.82, 2.24) is 24.7 Å². The molecule has 3 aromatic heterocycles. The molecule has 0 saturated carbocycles. The summed E-state index contributed by atoms with van der Waals surface area (Å²) in [6, 6.07) is 4.90. The van der Waals surface area contributed by atoms with E-state index in [1.165, 1.54) is 13.4 Å². The van der Waals surface area contributed by atoms with Crippen molar-refractivity contribution in [2.45, 2.75) is 33.4 Å². The normalized spacial score (nSPS) is 11.0. The number of rotatable bonds is 9. The summed E-state index contributed by atoms with van der Waals surface area (Å²) in [4.78, 5) is 24.8. The molecular formula is C22H24N6O5. The second kappa shape index (κ2) is 9.55. The number of carbonyl (C=O) groups excluding carboxylic acids is 1. The largest absolute Gasteiger partial charge is 0.493 e. The van der Waals surface area contributed by atoms with E-state index in [0.717, 1.165) is 11.3 Å². The van der Waals surface area contributed by atoms with E-state index in [-0.39, 0.29) is 13.2 Å². The highest BCUT2D eigenvalue weighted by Gasteiger charge is 2.15. The quantitative estimate of drug-likeness (QED) is 0.298. The summed E-state index contributed by atoms with van der Waals surface area (Å²) in [5, 5.41) is 3.91. The number of aromatic nitrogens is 5. The van der Waals surface area contributed by atoms with E-state index in [1.54, 1.807) is 24.5 Å². The molecule has 33 heavy (non-hydrogen) atoms. The van der Waals surface area contributed by atoms with Gasteiger partial charge in [0.05, 0.1) is 36.9 Å². The molecule has 3 heterocycles. The summed E-state index contributed by atoms with van der Waals surface area (Å²) in [6.45, 7) is 4.75. The molecule has 0 unspecified atom stereocenters. The fourth-order valence-corrected chi connectivity index (χ4v) is 3.32. The molecule has 172 valence electrons. The van der Waals surface area contributed by atoms with Crippen LogP contribution in [0.2, 0.25) is 0 Å². The van der Waals surface area contributed by atoms with E-state index < -0.39 is 5.97 Å². The number of nitrogen functional groups attached to an aromatic ring is 1. The summed E-state index contributed by atoms with van der Waals surface area (Å²) in [5.41, 5.74) is 9.01. The van der Waals surface area contributed by atoms with Gasteiger partial charge in [-0.3, -0.25) is 0 Å². The minimum Gasteiger partial charge on any atom is -0.493 e. The molecule has 4 aromatic rings. The Labute approximate surface area is 189 Å². The van der Waals surface area contributed by atoms with Gasteiger partial charge in [0.2, 0.25) is 0 Å². The van der Waals surface area contributed by atoms with Crippen LogP contribution in [0.5, 0.6) is 11.5 Å². The van der Waals surface area contributed by atoms with E-state index in [1.807, 2.05) is 18.4 Å². The number of imidazole rings is 1. The van der Waals surface area contributed by atoms with Crippen molar-refractivity contribution < 1.29 is 23.5 Å². The second-order valence-corrected chi connectivity index (χ2v) is 7.32. The average Bonchev–Trinajstić information content (AvgIpc) is 3.38. The first-order chi connectivity index (χ1) is 16.0. The Morgan fingerprint density at radius 2 is 2.03 bits per heavy atom. The minimum absolute atomic E-state index is 0.228. The number of carbonyl (C=O) groups is 1. The Morgan fingerprint density at radius 1 is 1.18 bits per heavy atom. The molecule has 0 saturated heterocycles. The van der Waals surface area contributed by atoms with E-state index in [0.29, 0.717) is 52.8 Å². The predicted octanol–water partition coefficient (Wildman–Crippen LogP) is 2.85. The van der Waals surface area contributed by atoms with Crippen LogP contribution in [0, 0.1) is 13.8 Å². The van der Waals surface area contributed by atoms with E-state index in [4.69, 9.17) is 24.5 Å². The number of anilines is 1. The third kappa shape index (κ3) is 4.71. The van der Waals surface area contributed by atoms with Crippen LogP contribution in [0.25, 0.3) is 11.2 Å². The minimum atomic E-state index is -0.451. The first kappa shape index (κ1) is 22.1. The van der Waals surface area contributed by atoms with Gasteiger partial charge in [-0.05, 0) is 38.5 Å². The lowest BCUT2D eigenvalue weighted by molar-refractivity contribution is 0.0496. The van der Waals surface area contributed by atoms with Gasteiger partial charge in [-0.1, -0.05) is 5.16 Å². The van der Waals surface area contributed by atoms with Crippen molar-refractivity contribution >= 4 is 23.0 Å². The highest BCUT2D eigenvalue weighted by Crippen LogP contribution is 2.30. The van der Waals surface area contributed by atoms with Crippen molar-refractivity contribution in [3.05, 3.63) is 53.4 Å². The number of ether oxygens (including phenoxy) is 3. The average molecular weight is 452 g/mol. The third-order valence-electron chi connectivity index (χ3n) is 5.16. The predicted molar refractivity (Wildman–Crippen MR) is 118 cm³/mol. The van der Waals surface area contributed by atoms with Gasteiger partial charge in [0.1, 0.15) is 24.2 Å². The molecule has 11 heteroatoms. The Hall–Kier alpha value is -4.15. The third-order valence-corrected chi connectivity index (χ3v) is 5.16. The smallest absolute Gasteiger partial charge is 0.338 e. The number of hydrogen-bond acceptors (Lipinski definition) is 10. The topological polar surface area (TPSA) is 140 Å². The first-order valence-corrected chi connectivity index (χ1v) is 10.3. The van der Waals surface area contributed by atoms with Crippen molar-refractivity contribution in [2.24, 2.45) is 0 Å². The monoisotopic (exact) mass is 452 g/mol. The molecule has 2 N–H and O–H groups in total. The van der Waals surface area contributed by atoms with E-state index >= 15 is 0 Å². The lowest BCUT2D eigenvalue weighted by Gasteiger charge is -2.12. The van der Waals surface area contributed by atoms with E-state index in [2.05, 4.69) is 20.1 Å². The summed E-state index contributed by atoms with van der Waals surface area (Å²) >= 11 is 0. The van der Waals surface area contributed by atoms with Gasteiger partial charge < -0.3 is 29.0 Å². The number of benzene rings is 1. The van der Waals surface area contributed by atoms with Gasteiger partial charge in [0.15, 0.2) is 23.0 Å². The van der Waals surface area contributed by atoms with E-state index in [9.17, 15) is 4.79 Å². The molecular weight excluding hydrogens is 428 g/mol. The van der Waals surface area contributed by atoms with Gasteiger partial charge >= 0.3 is 5.97 Å². The SMILES string of the molecule is COc1cc(C(=O)OCCCn2cnc3c(N)ncnc32)ccc1OCc1c(C)noc1C. The van der Waals surface area contributed by atoms with Crippen molar-refractivity contribution in [3.63, 3.8) is 0 Å². The van der Waals surface area contributed by atoms with Crippen molar-refractivity contribution in [3.8, 4) is 11.5 Å². The van der Waals surface area contributed by atoms with Gasteiger partial charge in [-0.2, -0.15) is 0 Å². The van der Waals surface area contributed by atoms with Crippen LogP contribution in [-0.4, -0.2) is 44.4 Å². The Bertz CT molecular complexity index is 1260. The van der Waals surface area contributed by atoms with Crippen LogP contribution >= 0.6 is 0 Å². The van der Waals surface area contributed by atoms with Crippen LogP contribution in [-0.2, 0) is 17.9 Å². The fraction of sp³-hybridized carbons (Fsp3) is 0.318. The number of fused-ring (bicyclic) bond motifs is 1. The number of nitrogens with zero attached hydrogens (tertiary/aromatic N) is 5. The molecule has 11 nitrogen and oxygen atoms in total. The Kier molecular flexibility index (Phi) is 6.38. The van der Waals surface area contributed by atoms with Gasteiger partial charge in [-0.15, -0.1) is 0 Å². The molecule has 0 atom stereocenters. The number of aryl methyl sites for hydroxylation is 3. The molecule has 0 fully saturated rings. The molecule has 0 bridgehead atoms. The maximum atomic E-state index is 12.5. The molecule has 0 amide bonds. The molecule has 0 aliphatic carbocycles. The zero-order valence-corrected chi connectivity index (χ0v) is 18.6. The summed E-state index contributed by atoms with van der Waals surface area (Å²) < 4.78 is 23.6. The lowest BCUT2D eigenvalue weighted by atomic mass is 10.2. The highest BCUT2D eigenvalue weighted by atomic mass is 16.5. The Balaban J connectivity index is 1.32. The number of nitrogens with two attached hydrogens (primary N) is 1. The van der Waals surface area contributed by atoms with Gasteiger partial charge in [0, 0.05) is 6.54 Å². The summed E-state index contributed by atoms with van der Waals surface area (Å²) in [5.74, 6) is 1.51. The maximum Gasteiger partial charge on any atom is 0.338 e. The van der Waals surface area contributed by atoms with Crippen LogP contribution in [0.15, 0.2) is 35.4 Å². The zero-order chi connectivity index (χ0) is 23.4.